The molecule has 3 heteroatoms. The van der Waals surface area contributed by atoms with Crippen molar-refractivity contribution in [3.8, 4) is 0 Å². The number of methoxy groups -OCH3 is 1. The Morgan fingerprint density at radius 3 is 2.67 bits per heavy atom. The largest absolute Gasteiger partial charge is 0.483 e. The lowest BCUT2D eigenvalue weighted by Gasteiger charge is -1.99. The van der Waals surface area contributed by atoms with Crippen LogP contribution in [0.5, 0.6) is 0 Å². The fraction of sp³-hybridized carbons (Fsp3) is 0.833. The van der Waals surface area contributed by atoms with Gasteiger partial charge in [-0.25, -0.2) is 0 Å². The van der Waals surface area contributed by atoms with Crippen molar-refractivity contribution in [3.05, 3.63) is 0 Å². The molecule has 0 radical (unpaired) electrons. The number of rotatable bonds is 3. The first-order valence-corrected chi connectivity index (χ1v) is 3.40. The van der Waals surface area contributed by atoms with Gasteiger partial charge in [-0.05, 0) is 6.42 Å². The fourth-order valence-electron chi connectivity index (χ4n) is 0.507. The Kier molecular flexibility index (Phi) is 5.73. The Morgan fingerprint density at radius 2 is 2.33 bits per heavy atom. The van der Waals surface area contributed by atoms with Crippen LogP contribution in [0.2, 0.25) is 0 Å². The van der Waals surface area contributed by atoms with Gasteiger partial charge in [-0.3, -0.25) is 0 Å². The van der Waals surface area contributed by atoms with Crippen LogP contribution in [0.4, 0.5) is 0 Å². The highest BCUT2D eigenvalue weighted by molar-refractivity contribution is 6.19. The lowest BCUT2D eigenvalue weighted by atomic mass is 10.2. The molecular formula is C6H12ClNO. The van der Waals surface area contributed by atoms with Gasteiger partial charge < -0.3 is 4.74 Å². The van der Waals surface area contributed by atoms with Gasteiger partial charge in [0.1, 0.15) is 0 Å². The van der Waals surface area contributed by atoms with E-state index in [0.717, 1.165) is 19.3 Å². The molecule has 0 aliphatic rings. The number of nitrogens with zero attached hydrogens (tertiary/aromatic N) is 1. The van der Waals surface area contributed by atoms with E-state index in [1.54, 1.807) is 7.11 Å². The second-order valence-electron chi connectivity index (χ2n) is 1.79. The highest BCUT2D eigenvalue weighted by Gasteiger charge is 1.94. The summed E-state index contributed by atoms with van der Waals surface area (Å²) in [6.45, 7) is 2.11. The summed E-state index contributed by atoms with van der Waals surface area (Å²) in [5.74, 6) is 0.624. The lowest BCUT2D eigenvalue weighted by molar-refractivity contribution is 0.389. The average molecular weight is 150 g/mol. The van der Waals surface area contributed by atoms with Gasteiger partial charge in [0.25, 0.3) is 0 Å². The smallest absolute Gasteiger partial charge is 0.200 e. The van der Waals surface area contributed by atoms with Gasteiger partial charge >= 0.3 is 0 Å². The van der Waals surface area contributed by atoms with Gasteiger partial charge in [0, 0.05) is 18.2 Å². The SMILES string of the molecule is CCCCC(=NCl)OC. The summed E-state index contributed by atoms with van der Waals surface area (Å²) < 4.78 is 8.23. The molecule has 0 amide bonds. The van der Waals surface area contributed by atoms with Gasteiger partial charge in [0.15, 0.2) is 0 Å². The van der Waals surface area contributed by atoms with Crippen molar-refractivity contribution < 1.29 is 4.74 Å². The molecule has 0 unspecified atom stereocenters. The molecule has 0 fully saturated rings. The third-order valence-corrected chi connectivity index (χ3v) is 1.26. The summed E-state index contributed by atoms with van der Waals surface area (Å²) in [5.41, 5.74) is 0. The summed E-state index contributed by atoms with van der Waals surface area (Å²) in [7, 11) is 1.58. The number of ether oxygens (including phenoxy) is 1. The molecule has 0 bridgehead atoms. The van der Waals surface area contributed by atoms with Crippen LogP contribution < -0.4 is 0 Å². The minimum atomic E-state index is 0.624. The number of hydrogen-bond acceptors (Lipinski definition) is 2. The van der Waals surface area contributed by atoms with Crippen molar-refractivity contribution in [1.29, 1.82) is 0 Å². The van der Waals surface area contributed by atoms with Crippen LogP contribution in [0.25, 0.3) is 0 Å². The molecule has 0 aromatic heterocycles. The first-order chi connectivity index (χ1) is 4.35. The Balaban J connectivity index is 3.33. The van der Waals surface area contributed by atoms with Crippen LogP contribution in [-0.2, 0) is 4.74 Å². The molecule has 0 N–H and O–H groups in total. The Morgan fingerprint density at radius 1 is 1.67 bits per heavy atom. The number of halogens is 1. The molecule has 0 atom stereocenters. The predicted molar refractivity (Wildman–Crippen MR) is 39.8 cm³/mol. The summed E-state index contributed by atoms with van der Waals surface area (Å²) in [5, 5.41) is 0. The molecule has 54 valence electrons. The summed E-state index contributed by atoms with van der Waals surface area (Å²) >= 11 is 5.17. The molecule has 0 aromatic rings. The Labute approximate surface area is 61.0 Å². The molecule has 0 aromatic carbocycles. The van der Waals surface area contributed by atoms with Gasteiger partial charge in [-0.1, -0.05) is 13.3 Å². The summed E-state index contributed by atoms with van der Waals surface area (Å²) in [6, 6.07) is 0. The quantitative estimate of drug-likeness (QED) is 0.446. The Hall–Kier alpha value is -0.240. The number of unbranched alkanes of at least 4 members (excludes halogenated alkanes) is 1. The zero-order valence-electron chi connectivity index (χ0n) is 5.85. The van der Waals surface area contributed by atoms with Crippen molar-refractivity contribution in [2.75, 3.05) is 7.11 Å². The molecule has 0 heterocycles. The van der Waals surface area contributed by atoms with E-state index < -0.39 is 0 Å². The van der Waals surface area contributed by atoms with Crippen molar-refractivity contribution in [3.63, 3.8) is 0 Å². The molecule has 0 aliphatic heterocycles. The van der Waals surface area contributed by atoms with Crippen molar-refractivity contribution in [1.82, 2.24) is 0 Å². The van der Waals surface area contributed by atoms with Gasteiger partial charge in [0.05, 0.1) is 7.11 Å². The first kappa shape index (κ1) is 8.76. The third kappa shape index (κ3) is 4.28. The molecule has 0 saturated heterocycles. The third-order valence-electron chi connectivity index (χ3n) is 1.07. The highest BCUT2D eigenvalue weighted by Crippen LogP contribution is 1.98. The van der Waals surface area contributed by atoms with Crippen molar-refractivity contribution in [2.24, 2.45) is 4.51 Å². The topological polar surface area (TPSA) is 21.6 Å². The maximum absolute atomic E-state index is 5.17. The minimum Gasteiger partial charge on any atom is -0.483 e. The van der Waals surface area contributed by atoms with Crippen LogP contribution in [0.3, 0.4) is 0 Å². The molecule has 0 spiro atoms. The summed E-state index contributed by atoms with van der Waals surface area (Å²) in [6.07, 6.45) is 3.06. The summed E-state index contributed by atoms with van der Waals surface area (Å²) in [4.78, 5) is 0. The first-order valence-electron chi connectivity index (χ1n) is 3.07. The molecular weight excluding hydrogens is 138 g/mol. The van der Waals surface area contributed by atoms with Gasteiger partial charge in [-0.2, -0.15) is 0 Å². The number of hydrogen-bond donors (Lipinski definition) is 0. The zero-order valence-corrected chi connectivity index (χ0v) is 6.61. The van der Waals surface area contributed by atoms with E-state index in [9.17, 15) is 0 Å². The normalized spacial score (nSPS) is 11.7. The molecule has 2 nitrogen and oxygen atoms in total. The second-order valence-corrected chi connectivity index (χ2v) is 1.95. The minimum absolute atomic E-state index is 0.624. The Bertz CT molecular complexity index is 93.1. The van der Waals surface area contributed by atoms with Gasteiger partial charge in [-0.15, -0.1) is 4.51 Å². The van der Waals surface area contributed by atoms with Crippen molar-refractivity contribution >= 4 is 17.7 Å². The fourth-order valence-corrected chi connectivity index (χ4v) is 0.660. The molecule has 0 rings (SSSR count). The molecule has 9 heavy (non-hydrogen) atoms. The molecule has 0 saturated carbocycles. The average Bonchev–Trinajstić information content (AvgIpc) is 1.91. The van der Waals surface area contributed by atoms with E-state index >= 15 is 0 Å². The maximum atomic E-state index is 5.17. The lowest BCUT2D eigenvalue weighted by Crippen LogP contribution is -1.98. The predicted octanol–water partition coefficient (Wildman–Crippen LogP) is 2.38. The van der Waals surface area contributed by atoms with E-state index in [1.165, 1.54) is 0 Å². The maximum Gasteiger partial charge on any atom is 0.200 e. The van der Waals surface area contributed by atoms with Crippen LogP contribution in [0.15, 0.2) is 4.51 Å². The second kappa shape index (κ2) is 5.89. The van der Waals surface area contributed by atoms with Crippen LogP contribution in [0, 0.1) is 0 Å². The van der Waals surface area contributed by atoms with E-state index in [2.05, 4.69) is 11.4 Å². The van der Waals surface area contributed by atoms with E-state index in [1.807, 2.05) is 0 Å². The van der Waals surface area contributed by atoms with Crippen LogP contribution in [0.1, 0.15) is 26.2 Å². The van der Waals surface area contributed by atoms with Crippen LogP contribution >= 0.6 is 11.8 Å². The molecule has 0 aliphatic carbocycles. The van der Waals surface area contributed by atoms with E-state index in [-0.39, 0.29) is 0 Å². The highest BCUT2D eigenvalue weighted by atomic mass is 35.5. The van der Waals surface area contributed by atoms with E-state index in [0.29, 0.717) is 5.90 Å². The van der Waals surface area contributed by atoms with Crippen molar-refractivity contribution in [2.45, 2.75) is 26.2 Å². The monoisotopic (exact) mass is 149 g/mol. The van der Waals surface area contributed by atoms with E-state index in [4.69, 9.17) is 16.5 Å². The standard InChI is InChI=1S/C6H12ClNO/c1-3-4-5-6(8-7)9-2/h3-5H2,1-2H3. The van der Waals surface area contributed by atoms with Gasteiger partial charge in [0.2, 0.25) is 5.90 Å². The zero-order chi connectivity index (χ0) is 7.11. The van der Waals surface area contributed by atoms with Crippen LogP contribution in [-0.4, -0.2) is 13.0 Å².